The quantitative estimate of drug-likeness (QED) is 0.772. The summed E-state index contributed by atoms with van der Waals surface area (Å²) in [6.45, 7) is 16.3. The molecule has 0 radical (unpaired) electrons. The lowest BCUT2D eigenvalue weighted by Crippen LogP contribution is -2.51. The van der Waals surface area contributed by atoms with Crippen molar-refractivity contribution in [3.63, 3.8) is 0 Å². The fourth-order valence-corrected chi connectivity index (χ4v) is 2.92. The van der Waals surface area contributed by atoms with Gasteiger partial charge in [-0.1, -0.05) is 13.8 Å². The van der Waals surface area contributed by atoms with Crippen molar-refractivity contribution in [3.8, 4) is 0 Å². The number of piperidine rings is 1. The molecule has 0 spiro atoms. The van der Waals surface area contributed by atoms with Crippen molar-refractivity contribution in [3.05, 3.63) is 0 Å². The Morgan fingerprint density at radius 1 is 1.35 bits per heavy atom. The van der Waals surface area contributed by atoms with Gasteiger partial charge in [0.1, 0.15) is 0 Å². The van der Waals surface area contributed by atoms with Gasteiger partial charge in [0, 0.05) is 25.7 Å². The van der Waals surface area contributed by atoms with E-state index in [0.29, 0.717) is 6.04 Å². The molecule has 2 unspecified atom stereocenters. The van der Waals surface area contributed by atoms with Gasteiger partial charge >= 0.3 is 0 Å². The Hall–Kier alpha value is -0.120. The molecular formula is C14H30N2O. The molecule has 2 atom stereocenters. The van der Waals surface area contributed by atoms with E-state index in [0.717, 1.165) is 25.6 Å². The highest BCUT2D eigenvalue weighted by Crippen LogP contribution is 2.20. The number of likely N-dealkylation sites (tertiary alicyclic amines) is 1. The third-order valence-electron chi connectivity index (χ3n) is 3.60. The lowest BCUT2D eigenvalue weighted by atomic mass is 9.93. The minimum absolute atomic E-state index is 0.0144. The van der Waals surface area contributed by atoms with E-state index in [1.54, 1.807) is 0 Å². The molecule has 1 rings (SSSR count). The Morgan fingerprint density at radius 2 is 2.06 bits per heavy atom. The number of nitrogens with one attached hydrogen (secondary N) is 1. The van der Waals surface area contributed by atoms with E-state index in [1.165, 1.54) is 19.5 Å². The average molecular weight is 242 g/mol. The third kappa shape index (κ3) is 4.94. The molecule has 0 aromatic heterocycles. The van der Waals surface area contributed by atoms with E-state index in [1.807, 2.05) is 0 Å². The van der Waals surface area contributed by atoms with Crippen LogP contribution in [0.4, 0.5) is 0 Å². The van der Waals surface area contributed by atoms with E-state index in [2.05, 4.69) is 44.8 Å². The van der Waals surface area contributed by atoms with Crippen molar-refractivity contribution in [2.75, 3.05) is 32.8 Å². The molecule has 1 aliphatic heterocycles. The molecular weight excluding hydrogens is 212 g/mol. The zero-order chi connectivity index (χ0) is 12.9. The van der Waals surface area contributed by atoms with Gasteiger partial charge in [-0.15, -0.1) is 0 Å². The lowest BCUT2D eigenvalue weighted by Gasteiger charge is -2.40. The van der Waals surface area contributed by atoms with Gasteiger partial charge in [-0.05, 0) is 46.2 Å². The van der Waals surface area contributed by atoms with Gasteiger partial charge in [-0.2, -0.15) is 0 Å². The maximum absolute atomic E-state index is 5.78. The van der Waals surface area contributed by atoms with E-state index in [4.69, 9.17) is 4.74 Å². The molecule has 0 aromatic rings. The molecule has 102 valence electrons. The van der Waals surface area contributed by atoms with Crippen LogP contribution in [0, 0.1) is 5.92 Å². The molecule has 1 saturated heterocycles. The Morgan fingerprint density at radius 3 is 2.59 bits per heavy atom. The predicted molar refractivity (Wildman–Crippen MR) is 73.4 cm³/mol. The number of nitrogens with zero attached hydrogens (tertiary/aromatic N) is 1. The Balaban J connectivity index is 2.39. The highest BCUT2D eigenvalue weighted by molar-refractivity contribution is 4.85. The van der Waals surface area contributed by atoms with Crippen LogP contribution in [0.1, 0.15) is 41.0 Å². The Bertz CT molecular complexity index is 218. The second kappa shape index (κ2) is 6.72. The molecule has 0 aliphatic carbocycles. The maximum Gasteiger partial charge on any atom is 0.0752 e. The summed E-state index contributed by atoms with van der Waals surface area (Å²) in [6.07, 6.45) is 1.26. The van der Waals surface area contributed by atoms with E-state index >= 15 is 0 Å². The average Bonchev–Trinajstić information content (AvgIpc) is 2.21. The largest absolute Gasteiger partial charge is 0.375 e. The van der Waals surface area contributed by atoms with Gasteiger partial charge in [0.15, 0.2) is 0 Å². The van der Waals surface area contributed by atoms with Crippen LogP contribution in [-0.2, 0) is 4.74 Å². The summed E-state index contributed by atoms with van der Waals surface area (Å²) in [5.41, 5.74) is -0.0144. The summed E-state index contributed by atoms with van der Waals surface area (Å²) in [7, 11) is 0. The molecule has 1 heterocycles. The van der Waals surface area contributed by atoms with Crippen molar-refractivity contribution in [1.82, 2.24) is 10.2 Å². The molecule has 0 saturated carbocycles. The van der Waals surface area contributed by atoms with Gasteiger partial charge in [-0.25, -0.2) is 0 Å². The fraction of sp³-hybridized carbons (Fsp3) is 1.00. The molecule has 1 fully saturated rings. The van der Waals surface area contributed by atoms with E-state index in [-0.39, 0.29) is 5.60 Å². The fourth-order valence-electron chi connectivity index (χ4n) is 2.92. The second-order valence-corrected chi connectivity index (χ2v) is 5.86. The first-order chi connectivity index (χ1) is 7.98. The Labute approximate surface area is 107 Å². The van der Waals surface area contributed by atoms with Crippen LogP contribution in [0.15, 0.2) is 0 Å². The van der Waals surface area contributed by atoms with Crippen LogP contribution in [0.3, 0.4) is 0 Å². The van der Waals surface area contributed by atoms with E-state index in [9.17, 15) is 0 Å². The molecule has 0 bridgehead atoms. The zero-order valence-electron chi connectivity index (χ0n) is 12.3. The van der Waals surface area contributed by atoms with Gasteiger partial charge in [0.05, 0.1) is 5.60 Å². The van der Waals surface area contributed by atoms with Crippen LogP contribution in [0.2, 0.25) is 0 Å². The van der Waals surface area contributed by atoms with Crippen LogP contribution < -0.4 is 5.32 Å². The first-order valence-corrected chi connectivity index (χ1v) is 7.08. The summed E-state index contributed by atoms with van der Waals surface area (Å²) in [6, 6.07) is 0.700. The molecule has 3 heteroatoms. The van der Waals surface area contributed by atoms with Crippen LogP contribution in [0.25, 0.3) is 0 Å². The smallest absolute Gasteiger partial charge is 0.0752 e. The van der Waals surface area contributed by atoms with Crippen molar-refractivity contribution >= 4 is 0 Å². The normalized spacial score (nSPS) is 27.4. The maximum atomic E-state index is 5.78. The molecule has 17 heavy (non-hydrogen) atoms. The van der Waals surface area contributed by atoms with Crippen molar-refractivity contribution < 1.29 is 4.74 Å². The predicted octanol–water partition coefficient (Wildman–Crippen LogP) is 2.12. The Kier molecular flexibility index (Phi) is 5.90. The summed E-state index contributed by atoms with van der Waals surface area (Å²) >= 11 is 0. The first-order valence-electron chi connectivity index (χ1n) is 7.08. The number of ether oxygens (including phenoxy) is 1. The number of hydrogen-bond acceptors (Lipinski definition) is 3. The molecule has 1 N–H and O–H groups in total. The molecule has 3 nitrogen and oxygen atoms in total. The van der Waals surface area contributed by atoms with Crippen molar-refractivity contribution in [1.29, 1.82) is 0 Å². The van der Waals surface area contributed by atoms with Gasteiger partial charge in [0.25, 0.3) is 0 Å². The van der Waals surface area contributed by atoms with Crippen molar-refractivity contribution in [2.45, 2.75) is 52.7 Å². The zero-order valence-corrected chi connectivity index (χ0v) is 12.3. The first kappa shape index (κ1) is 14.9. The molecule has 0 amide bonds. The number of rotatable bonds is 6. The molecule has 1 aliphatic rings. The standard InChI is InChI=1S/C14H30N2O/c1-6-15-13-8-9-16(10-12(13)3)11-14(4,5)17-7-2/h12-13,15H,6-11H2,1-5H3. The van der Waals surface area contributed by atoms with Gasteiger partial charge in [0.2, 0.25) is 0 Å². The topological polar surface area (TPSA) is 24.5 Å². The second-order valence-electron chi connectivity index (χ2n) is 5.86. The van der Waals surface area contributed by atoms with Crippen LogP contribution in [-0.4, -0.2) is 49.3 Å². The lowest BCUT2D eigenvalue weighted by molar-refractivity contribution is -0.0422. The number of hydrogen-bond donors (Lipinski definition) is 1. The van der Waals surface area contributed by atoms with Crippen LogP contribution >= 0.6 is 0 Å². The summed E-state index contributed by atoms with van der Waals surface area (Å²) in [4.78, 5) is 2.55. The summed E-state index contributed by atoms with van der Waals surface area (Å²) < 4.78 is 5.78. The summed E-state index contributed by atoms with van der Waals surface area (Å²) in [5.74, 6) is 0.737. The third-order valence-corrected chi connectivity index (χ3v) is 3.60. The van der Waals surface area contributed by atoms with Crippen LogP contribution in [0.5, 0.6) is 0 Å². The van der Waals surface area contributed by atoms with E-state index < -0.39 is 0 Å². The van der Waals surface area contributed by atoms with Crippen molar-refractivity contribution in [2.24, 2.45) is 5.92 Å². The van der Waals surface area contributed by atoms with Gasteiger partial charge < -0.3 is 15.0 Å². The minimum atomic E-state index is -0.0144. The monoisotopic (exact) mass is 242 g/mol. The van der Waals surface area contributed by atoms with Gasteiger partial charge in [-0.3, -0.25) is 0 Å². The highest BCUT2D eigenvalue weighted by atomic mass is 16.5. The minimum Gasteiger partial charge on any atom is -0.375 e. The highest BCUT2D eigenvalue weighted by Gasteiger charge is 2.29. The summed E-state index contributed by atoms with van der Waals surface area (Å²) in [5, 5.41) is 3.58. The molecule has 0 aromatic carbocycles. The SMILES string of the molecule is CCNC1CCN(CC(C)(C)OCC)CC1C.